The Bertz CT molecular complexity index is 882. The summed E-state index contributed by atoms with van der Waals surface area (Å²) in [5, 5.41) is 10.3. The van der Waals surface area contributed by atoms with E-state index in [2.05, 4.69) is 10.5 Å². The molecule has 5 heteroatoms. The van der Waals surface area contributed by atoms with Crippen LogP contribution in [0.5, 0.6) is 0 Å². The summed E-state index contributed by atoms with van der Waals surface area (Å²) >= 11 is 1.63. The van der Waals surface area contributed by atoms with Gasteiger partial charge in [-0.25, -0.2) is 5.01 Å². The Hall–Kier alpha value is -2.66. The highest BCUT2D eigenvalue weighted by molar-refractivity contribution is 7.08. The van der Waals surface area contributed by atoms with Crippen molar-refractivity contribution >= 4 is 23.0 Å². The lowest BCUT2D eigenvalue weighted by molar-refractivity contribution is 0.0710. The molecule has 0 aliphatic carbocycles. The van der Waals surface area contributed by atoms with Gasteiger partial charge in [-0.2, -0.15) is 16.4 Å². The maximum Gasteiger partial charge on any atom is 0.274 e. The van der Waals surface area contributed by atoms with Crippen LogP contribution in [-0.2, 0) is 0 Å². The molecule has 3 aromatic rings. The predicted octanol–water partition coefficient (Wildman–Crippen LogP) is 4.64. The lowest BCUT2D eigenvalue weighted by Crippen LogP contribution is -2.27. The van der Waals surface area contributed by atoms with Crippen molar-refractivity contribution in [3.63, 3.8) is 0 Å². The Balaban J connectivity index is 1.74. The Morgan fingerprint density at radius 2 is 2.12 bits per heavy atom. The highest BCUT2D eigenvalue weighted by Gasteiger charge is 2.35. The minimum absolute atomic E-state index is 0.0779. The monoisotopic (exact) mass is 336 g/mol. The third kappa shape index (κ3) is 2.57. The number of aryl methyl sites for hydroxylation is 1. The normalized spacial score (nSPS) is 17.1. The molecule has 0 bridgehead atoms. The molecule has 4 nitrogen and oxygen atoms in total. The number of benzene rings is 1. The molecule has 0 N–H and O–H groups in total. The summed E-state index contributed by atoms with van der Waals surface area (Å²) in [5.41, 5.74) is 3.54. The average Bonchev–Trinajstić information content (AvgIpc) is 3.33. The number of rotatable bonds is 3. The molecule has 0 unspecified atom stereocenters. The largest absolute Gasteiger partial charge is 0.463 e. The molecule has 120 valence electrons. The Kier molecular flexibility index (Phi) is 3.78. The topological polar surface area (TPSA) is 45.8 Å². The van der Waals surface area contributed by atoms with Gasteiger partial charge in [-0.3, -0.25) is 4.79 Å². The van der Waals surface area contributed by atoms with Crippen LogP contribution >= 0.6 is 11.3 Å². The molecule has 3 heterocycles. The van der Waals surface area contributed by atoms with Gasteiger partial charge >= 0.3 is 0 Å². The quantitative estimate of drug-likeness (QED) is 0.699. The first-order chi connectivity index (χ1) is 11.7. The number of hydrazone groups is 1. The van der Waals surface area contributed by atoms with Crippen molar-refractivity contribution in [3.05, 3.63) is 81.9 Å². The summed E-state index contributed by atoms with van der Waals surface area (Å²) < 4.78 is 5.47. The third-order valence-electron chi connectivity index (χ3n) is 4.23. The van der Waals surface area contributed by atoms with E-state index in [-0.39, 0.29) is 11.9 Å². The smallest absolute Gasteiger partial charge is 0.274 e. The standard InChI is InChI=1S/C19H16N2O2S/c1-13-5-2-3-6-15(13)19(22)21-17(14-8-10-24-12-14)11-16(20-21)18-7-4-9-23-18/h2-10,12,17H,11H2,1H3/t17-/m0/s1. The van der Waals surface area contributed by atoms with Crippen LogP contribution in [0, 0.1) is 6.92 Å². The molecule has 0 radical (unpaired) electrons. The van der Waals surface area contributed by atoms with Crippen molar-refractivity contribution in [3.8, 4) is 0 Å². The molecular weight excluding hydrogens is 320 g/mol. The number of nitrogens with zero attached hydrogens (tertiary/aromatic N) is 2. The second-order valence-corrected chi connectivity index (χ2v) is 6.55. The third-order valence-corrected chi connectivity index (χ3v) is 4.93. The van der Waals surface area contributed by atoms with Gasteiger partial charge in [-0.15, -0.1) is 0 Å². The summed E-state index contributed by atoms with van der Waals surface area (Å²) in [7, 11) is 0. The Labute approximate surface area is 144 Å². The van der Waals surface area contributed by atoms with Crippen LogP contribution in [0.3, 0.4) is 0 Å². The van der Waals surface area contributed by atoms with Gasteiger partial charge in [0.05, 0.1) is 12.3 Å². The minimum Gasteiger partial charge on any atom is -0.463 e. The molecular formula is C19H16N2O2S. The van der Waals surface area contributed by atoms with E-state index in [1.165, 1.54) is 0 Å². The lowest BCUT2D eigenvalue weighted by Gasteiger charge is -2.21. The van der Waals surface area contributed by atoms with E-state index >= 15 is 0 Å². The summed E-state index contributed by atoms with van der Waals surface area (Å²) in [6, 6.07) is 13.3. The molecule has 1 aliphatic heterocycles. The number of carbonyl (C=O) groups is 1. The van der Waals surface area contributed by atoms with Crippen LogP contribution in [0.2, 0.25) is 0 Å². The van der Waals surface area contributed by atoms with Gasteiger partial charge in [0.15, 0.2) is 0 Å². The fourth-order valence-corrected chi connectivity index (χ4v) is 3.66. The summed E-state index contributed by atoms with van der Waals surface area (Å²) in [4.78, 5) is 13.1. The van der Waals surface area contributed by atoms with Gasteiger partial charge in [-0.1, -0.05) is 18.2 Å². The predicted molar refractivity (Wildman–Crippen MR) is 94.3 cm³/mol. The summed E-state index contributed by atoms with van der Waals surface area (Å²) in [6.07, 6.45) is 2.28. The molecule has 0 spiro atoms. The molecule has 24 heavy (non-hydrogen) atoms. The molecule has 1 aromatic carbocycles. The van der Waals surface area contributed by atoms with Crippen molar-refractivity contribution in [2.24, 2.45) is 5.10 Å². The molecule has 1 atom stereocenters. The van der Waals surface area contributed by atoms with E-state index in [0.717, 1.165) is 22.6 Å². The van der Waals surface area contributed by atoms with Crippen molar-refractivity contribution in [2.45, 2.75) is 19.4 Å². The number of carbonyl (C=O) groups excluding carboxylic acids is 1. The van der Waals surface area contributed by atoms with Crippen molar-refractivity contribution in [2.75, 3.05) is 0 Å². The second-order valence-electron chi connectivity index (χ2n) is 5.77. The number of hydrogen-bond acceptors (Lipinski definition) is 4. The maximum atomic E-state index is 13.1. The molecule has 0 saturated heterocycles. The lowest BCUT2D eigenvalue weighted by atomic mass is 10.0. The number of hydrogen-bond donors (Lipinski definition) is 0. The van der Waals surface area contributed by atoms with Crippen LogP contribution in [0.15, 0.2) is 69.0 Å². The zero-order valence-corrected chi connectivity index (χ0v) is 14.0. The molecule has 0 fully saturated rings. The van der Waals surface area contributed by atoms with E-state index in [4.69, 9.17) is 4.42 Å². The summed E-state index contributed by atoms with van der Waals surface area (Å²) in [5.74, 6) is 0.640. The van der Waals surface area contributed by atoms with E-state index in [0.29, 0.717) is 12.0 Å². The zero-order chi connectivity index (χ0) is 16.5. The first kappa shape index (κ1) is 14.9. The number of amides is 1. The van der Waals surface area contributed by atoms with Crippen molar-refractivity contribution < 1.29 is 9.21 Å². The number of furan rings is 1. The van der Waals surface area contributed by atoms with Gasteiger partial charge in [-0.05, 0) is 53.1 Å². The first-order valence-corrected chi connectivity index (χ1v) is 8.71. The number of thiophene rings is 1. The SMILES string of the molecule is Cc1ccccc1C(=O)N1N=C(c2ccco2)C[C@H]1c1ccsc1. The average molecular weight is 336 g/mol. The zero-order valence-electron chi connectivity index (χ0n) is 13.2. The first-order valence-electron chi connectivity index (χ1n) is 7.76. The van der Waals surface area contributed by atoms with Crippen LogP contribution < -0.4 is 0 Å². The molecule has 2 aromatic heterocycles. The maximum absolute atomic E-state index is 13.1. The Morgan fingerprint density at radius 3 is 2.83 bits per heavy atom. The van der Waals surface area contributed by atoms with Gasteiger partial charge in [0.25, 0.3) is 5.91 Å². The van der Waals surface area contributed by atoms with E-state index in [1.807, 2.05) is 54.8 Å². The molecule has 1 amide bonds. The fraction of sp³-hybridized carbons (Fsp3) is 0.158. The van der Waals surface area contributed by atoms with E-state index < -0.39 is 0 Å². The highest BCUT2D eigenvalue weighted by Crippen LogP contribution is 2.35. The minimum atomic E-state index is -0.0940. The van der Waals surface area contributed by atoms with Gasteiger partial charge in [0.1, 0.15) is 11.5 Å². The molecule has 1 aliphatic rings. The van der Waals surface area contributed by atoms with E-state index in [9.17, 15) is 4.79 Å². The van der Waals surface area contributed by atoms with Crippen LogP contribution in [0.1, 0.15) is 39.7 Å². The van der Waals surface area contributed by atoms with Gasteiger partial charge < -0.3 is 4.42 Å². The van der Waals surface area contributed by atoms with Gasteiger partial charge in [0.2, 0.25) is 0 Å². The Morgan fingerprint density at radius 1 is 1.25 bits per heavy atom. The van der Waals surface area contributed by atoms with Crippen LogP contribution in [-0.4, -0.2) is 16.6 Å². The van der Waals surface area contributed by atoms with Crippen molar-refractivity contribution in [1.82, 2.24) is 5.01 Å². The van der Waals surface area contributed by atoms with Gasteiger partial charge in [0, 0.05) is 12.0 Å². The highest BCUT2D eigenvalue weighted by atomic mass is 32.1. The fourth-order valence-electron chi connectivity index (χ4n) is 2.95. The van der Waals surface area contributed by atoms with Crippen LogP contribution in [0.4, 0.5) is 0 Å². The molecule has 0 saturated carbocycles. The van der Waals surface area contributed by atoms with Crippen molar-refractivity contribution in [1.29, 1.82) is 0 Å². The van der Waals surface area contributed by atoms with Crippen LogP contribution in [0.25, 0.3) is 0 Å². The second kappa shape index (κ2) is 6.09. The molecule has 4 rings (SSSR count). The summed E-state index contributed by atoms with van der Waals surface area (Å²) in [6.45, 7) is 1.94. The van der Waals surface area contributed by atoms with E-state index in [1.54, 1.807) is 22.6 Å².